The summed E-state index contributed by atoms with van der Waals surface area (Å²) in [4.78, 5) is 0. The van der Waals surface area contributed by atoms with Crippen LogP contribution in [0, 0.1) is 11.3 Å². The van der Waals surface area contributed by atoms with Gasteiger partial charge < -0.3 is 10.1 Å². The minimum absolute atomic E-state index is 0.533. The zero-order valence-corrected chi connectivity index (χ0v) is 10.8. The Morgan fingerprint density at radius 1 is 1.53 bits per heavy atom. The molecule has 17 heavy (non-hydrogen) atoms. The lowest BCUT2D eigenvalue weighted by Crippen LogP contribution is -2.19. The third-order valence-electron chi connectivity index (χ3n) is 2.28. The van der Waals surface area contributed by atoms with Gasteiger partial charge in [0.15, 0.2) is 0 Å². The predicted octanol–water partition coefficient (Wildman–Crippen LogP) is 1.03. The molecule has 1 atom stereocenters. The molecule has 5 heteroatoms. The van der Waals surface area contributed by atoms with Crippen molar-refractivity contribution in [3.8, 4) is 11.8 Å². The van der Waals surface area contributed by atoms with E-state index in [0.29, 0.717) is 30.2 Å². The first-order valence-electron chi connectivity index (χ1n) is 5.25. The molecule has 0 fully saturated rings. The Bertz CT molecular complexity index is 441. The van der Waals surface area contributed by atoms with Crippen LogP contribution in [0.2, 0.25) is 0 Å². The molecule has 1 aromatic rings. The molecule has 0 saturated heterocycles. The molecule has 0 aromatic heterocycles. The first-order valence-corrected chi connectivity index (χ1v) is 6.98. The third kappa shape index (κ3) is 4.55. The maximum atomic E-state index is 10.9. The van der Waals surface area contributed by atoms with E-state index in [2.05, 4.69) is 11.4 Å². The molecule has 0 spiro atoms. The Hall–Kier alpha value is -1.38. The Balaban J connectivity index is 2.55. The molecule has 92 valence electrons. The smallest absolute Gasteiger partial charge is 0.136 e. The summed E-state index contributed by atoms with van der Waals surface area (Å²) in [7, 11) is 0.777. The van der Waals surface area contributed by atoms with Gasteiger partial charge in [0.25, 0.3) is 0 Å². The summed E-state index contributed by atoms with van der Waals surface area (Å²) in [5, 5.41) is 12.1. The van der Waals surface area contributed by atoms with Crippen LogP contribution in [0.4, 0.5) is 0 Å². The van der Waals surface area contributed by atoms with E-state index >= 15 is 0 Å². The standard InChI is InChI=1S/C12H16N2O2S/c1-16-12-4-3-10(7-11(12)8-13)9-14-5-6-17(2)15/h3-4,7,14H,5-6,9H2,1-2H3. The monoisotopic (exact) mass is 252 g/mol. The van der Waals surface area contributed by atoms with Gasteiger partial charge in [-0.15, -0.1) is 0 Å². The lowest BCUT2D eigenvalue weighted by Gasteiger charge is -2.07. The topological polar surface area (TPSA) is 62.1 Å². The zero-order chi connectivity index (χ0) is 12.7. The number of nitriles is 1. The van der Waals surface area contributed by atoms with Crippen LogP contribution in [0.25, 0.3) is 0 Å². The third-order valence-corrected chi connectivity index (χ3v) is 3.06. The van der Waals surface area contributed by atoms with Crippen molar-refractivity contribution in [1.82, 2.24) is 5.32 Å². The van der Waals surface area contributed by atoms with Gasteiger partial charge >= 0.3 is 0 Å². The zero-order valence-electron chi connectivity index (χ0n) is 10.0. The van der Waals surface area contributed by atoms with Gasteiger partial charge in [-0.2, -0.15) is 5.26 Å². The highest BCUT2D eigenvalue weighted by atomic mass is 32.2. The highest BCUT2D eigenvalue weighted by Crippen LogP contribution is 2.18. The van der Waals surface area contributed by atoms with Gasteiger partial charge in [-0.1, -0.05) is 6.07 Å². The average Bonchev–Trinajstić information content (AvgIpc) is 2.34. The summed E-state index contributed by atoms with van der Waals surface area (Å²) in [5.74, 6) is 1.23. The maximum absolute atomic E-state index is 10.9. The fourth-order valence-electron chi connectivity index (χ4n) is 1.40. The molecule has 0 saturated carbocycles. The van der Waals surface area contributed by atoms with Gasteiger partial charge in [0.2, 0.25) is 0 Å². The first-order chi connectivity index (χ1) is 8.17. The van der Waals surface area contributed by atoms with Crippen LogP contribution in [0.5, 0.6) is 5.75 Å². The van der Waals surface area contributed by atoms with Crippen LogP contribution in [0.15, 0.2) is 18.2 Å². The normalized spacial score (nSPS) is 11.8. The predicted molar refractivity (Wildman–Crippen MR) is 68.3 cm³/mol. The average molecular weight is 252 g/mol. The van der Waals surface area contributed by atoms with Crippen LogP contribution in [-0.2, 0) is 17.3 Å². The summed E-state index contributed by atoms with van der Waals surface area (Å²) in [6.07, 6.45) is 1.68. The van der Waals surface area contributed by atoms with Crippen LogP contribution >= 0.6 is 0 Å². The van der Waals surface area contributed by atoms with Gasteiger partial charge in [-0.05, 0) is 17.7 Å². The van der Waals surface area contributed by atoms with Crippen LogP contribution < -0.4 is 10.1 Å². The van der Waals surface area contributed by atoms with Gasteiger partial charge in [-0.25, -0.2) is 0 Å². The molecule has 0 aliphatic rings. The molecule has 0 amide bonds. The SMILES string of the molecule is COc1ccc(CNCCS(C)=O)cc1C#N. The van der Waals surface area contributed by atoms with Gasteiger partial charge in [0.1, 0.15) is 11.8 Å². The van der Waals surface area contributed by atoms with E-state index in [1.165, 1.54) is 0 Å². The molecule has 1 rings (SSSR count). The lowest BCUT2D eigenvalue weighted by molar-refractivity contribution is 0.413. The summed E-state index contributed by atoms with van der Waals surface area (Å²) >= 11 is 0. The molecule has 0 bridgehead atoms. The van der Waals surface area contributed by atoms with Crippen LogP contribution in [0.3, 0.4) is 0 Å². The number of nitrogens with zero attached hydrogens (tertiary/aromatic N) is 1. The number of methoxy groups -OCH3 is 1. The summed E-state index contributed by atoms with van der Waals surface area (Å²) < 4.78 is 15.9. The van der Waals surface area contributed by atoms with E-state index in [9.17, 15) is 4.21 Å². The van der Waals surface area contributed by atoms with Crippen molar-refractivity contribution < 1.29 is 8.95 Å². The minimum atomic E-state index is -0.769. The van der Waals surface area contributed by atoms with E-state index in [1.54, 1.807) is 25.5 Å². The number of ether oxygens (including phenoxy) is 1. The lowest BCUT2D eigenvalue weighted by atomic mass is 10.1. The van der Waals surface area contributed by atoms with E-state index < -0.39 is 10.8 Å². The molecule has 0 heterocycles. The van der Waals surface area contributed by atoms with Crippen LogP contribution in [-0.4, -0.2) is 29.9 Å². The maximum Gasteiger partial charge on any atom is 0.136 e. The quantitative estimate of drug-likeness (QED) is 0.768. The van der Waals surface area contributed by atoms with Crippen molar-refractivity contribution in [3.05, 3.63) is 29.3 Å². The Kier molecular flexibility index (Phi) is 5.67. The summed E-state index contributed by atoms with van der Waals surface area (Å²) in [6.45, 7) is 1.37. The molecular weight excluding hydrogens is 236 g/mol. The van der Waals surface area contributed by atoms with Crippen molar-refractivity contribution in [2.45, 2.75) is 6.54 Å². The molecule has 0 aliphatic carbocycles. The molecule has 1 N–H and O–H groups in total. The number of nitrogens with one attached hydrogen (secondary N) is 1. The van der Waals surface area contributed by atoms with E-state index in [0.717, 1.165) is 5.56 Å². The number of hydrogen-bond donors (Lipinski definition) is 1. The number of benzene rings is 1. The fourth-order valence-corrected chi connectivity index (χ4v) is 1.83. The minimum Gasteiger partial charge on any atom is -0.495 e. The first kappa shape index (κ1) is 13.7. The highest BCUT2D eigenvalue weighted by molar-refractivity contribution is 7.84. The van der Waals surface area contributed by atoms with Gasteiger partial charge in [-0.3, -0.25) is 4.21 Å². The highest BCUT2D eigenvalue weighted by Gasteiger charge is 2.03. The van der Waals surface area contributed by atoms with Crippen LogP contribution in [0.1, 0.15) is 11.1 Å². The molecule has 0 aliphatic heterocycles. The Morgan fingerprint density at radius 2 is 2.29 bits per heavy atom. The second kappa shape index (κ2) is 7.05. The second-order valence-electron chi connectivity index (χ2n) is 3.60. The van der Waals surface area contributed by atoms with Crippen molar-refractivity contribution in [1.29, 1.82) is 5.26 Å². The van der Waals surface area contributed by atoms with Crippen molar-refractivity contribution in [3.63, 3.8) is 0 Å². The Morgan fingerprint density at radius 3 is 2.88 bits per heavy atom. The molecule has 1 unspecified atom stereocenters. The van der Waals surface area contributed by atoms with Crippen molar-refractivity contribution in [2.75, 3.05) is 25.7 Å². The van der Waals surface area contributed by atoms with Gasteiger partial charge in [0, 0.05) is 35.9 Å². The summed E-state index contributed by atoms with van der Waals surface area (Å²) in [6, 6.07) is 7.59. The summed E-state index contributed by atoms with van der Waals surface area (Å²) in [5.41, 5.74) is 1.55. The van der Waals surface area contributed by atoms with E-state index in [1.807, 2.05) is 6.07 Å². The fraction of sp³-hybridized carbons (Fsp3) is 0.417. The Labute approximate surface area is 104 Å². The molecule has 1 aromatic carbocycles. The van der Waals surface area contributed by atoms with Crippen molar-refractivity contribution >= 4 is 10.8 Å². The van der Waals surface area contributed by atoms with Gasteiger partial charge in [0.05, 0.1) is 12.7 Å². The molecule has 4 nitrogen and oxygen atoms in total. The van der Waals surface area contributed by atoms with Crippen molar-refractivity contribution in [2.24, 2.45) is 0 Å². The largest absolute Gasteiger partial charge is 0.495 e. The molecule has 0 radical (unpaired) electrons. The number of rotatable bonds is 6. The molecular formula is C12H16N2O2S. The number of hydrogen-bond acceptors (Lipinski definition) is 4. The second-order valence-corrected chi connectivity index (χ2v) is 5.16. The van der Waals surface area contributed by atoms with E-state index in [4.69, 9.17) is 10.00 Å². The van der Waals surface area contributed by atoms with E-state index in [-0.39, 0.29) is 0 Å².